The Morgan fingerprint density at radius 2 is 2.22 bits per heavy atom. The number of hydrogen-bond acceptors (Lipinski definition) is 6. The molecule has 2 aliphatic rings. The lowest BCUT2D eigenvalue weighted by Crippen LogP contribution is -2.53. The van der Waals surface area contributed by atoms with Crippen LogP contribution in [0.1, 0.15) is 37.3 Å². The van der Waals surface area contributed by atoms with E-state index in [1.54, 1.807) is 10.8 Å². The van der Waals surface area contributed by atoms with Crippen molar-refractivity contribution in [1.82, 2.24) is 24.7 Å². The highest BCUT2D eigenvalue weighted by Gasteiger charge is 2.35. The molecule has 1 saturated carbocycles. The van der Waals surface area contributed by atoms with Crippen molar-refractivity contribution in [3.05, 3.63) is 18.1 Å². The monoisotopic (exact) mass is 316 g/mol. The lowest BCUT2D eigenvalue weighted by Gasteiger charge is -2.41. The third kappa shape index (κ3) is 2.90. The molecule has 0 spiro atoms. The Kier molecular flexibility index (Phi) is 3.50. The maximum Gasteiger partial charge on any atom is 0.200 e. The van der Waals surface area contributed by atoms with E-state index in [1.165, 1.54) is 12.8 Å². The SMILES string of the molecule is CN(C)CC1(O)CCCN(c2cc(C3CC3)nn3cnnc23)C1. The van der Waals surface area contributed by atoms with Crippen molar-refractivity contribution in [2.75, 3.05) is 38.6 Å². The fraction of sp³-hybridized carbons (Fsp3) is 0.688. The Balaban J connectivity index is 1.68. The van der Waals surface area contributed by atoms with Gasteiger partial charge in [0, 0.05) is 25.6 Å². The predicted octanol–water partition coefficient (Wildman–Crippen LogP) is 0.895. The Hall–Kier alpha value is -1.73. The van der Waals surface area contributed by atoms with Gasteiger partial charge in [-0.15, -0.1) is 10.2 Å². The molecule has 2 aromatic heterocycles. The van der Waals surface area contributed by atoms with Crippen molar-refractivity contribution in [2.45, 2.75) is 37.2 Å². The molecule has 3 heterocycles. The maximum atomic E-state index is 10.9. The molecule has 7 nitrogen and oxygen atoms in total. The van der Waals surface area contributed by atoms with E-state index in [1.807, 2.05) is 14.1 Å². The molecule has 1 aliphatic carbocycles. The summed E-state index contributed by atoms with van der Waals surface area (Å²) in [5.74, 6) is 0.575. The van der Waals surface area contributed by atoms with E-state index in [0.717, 1.165) is 36.4 Å². The Labute approximate surface area is 135 Å². The van der Waals surface area contributed by atoms with Gasteiger partial charge < -0.3 is 14.9 Å². The number of aliphatic hydroxyl groups is 1. The molecule has 1 N–H and O–H groups in total. The number of fused-ring (bicyclic) bond motifs is 1. The number of likely N-dealkylation sites (N-methyl/N-ethyl adjacent to an activating group) is 1. The van der Waals surface area contributed by atoms with Crippen molar-refractivity contribution in [2.24, 2.45) is 0 Å². The first-order valence-corrected chi connectivity index (χ1v) is 8.37. The first kappa shape index (κ1) is 14.8. The molecule has 2 fully saturated rings. The van der Waals surface area contributed by atoms with Crippen LogP contribution in [-0.2, 0) is 0 Å². The van der Waals surface area contributed by atoms with Gasteiger partial charge in [0.15, 0.2) is 0 Å². The molecule has 0 amide bonds. The number of β-amino-alcohol motifs (C(OH)–C–C–N with tert-alkyl or cyclic N) is 1. The highest BCUT2D eigenvalue weighted by Crippen LogP contribution is 2.40. The van der Waals surface area contributed by atoms with Gasteiger partial charge in [-0.2, -0.15) is 9.61 Å². The summed E-state index contributed by atoms with van der Waals surface area (Å²) in [7, 11) is 4.01. The third-order valence-electron chi connectivity index (χ3n) is 4.77. The Morgan fingerprint density at radius 3 is 2.96 bits per heavy atom. The zero-order chi connectivity index (χ0) is 16.0. The highest BCUT2D eigenvalue weighted by molar-refractivity contribution is 5.69. The van der Waals surface area contributed by atoms with Crippen molar-refractivity contribution < 1.29 is 5.11 Å². The van der Waals surface area contributed by atoms with Gasteiger partial charge >= 0.3 is 0 Å². The summed E-state index contributed by atoms with van der Waals surface area (Å²) < 4.78 is 1.78. The first-order chi connectivity index (χ1) is 11.0. The van der Waals surface area contributed by atoms with E-state index in [-0.39, 0.29) is 0 Å². The van der Waals surface area contributed by atoms with E-state index >= 15 is 0 Å². The molecule has 1 aliphatic heterocycles. The van der Waals surface area contributed by atoms with Gasteiger partial charge in [0.2, 0.25) is 5.65 Å². The molecule has 1 unspecified atom stereocenters. The van der Waals surface area contributed by atoms with Crippen molar-refractivity contribution >= 4 is 11.3 Å². The second-order valence-electron chi connectivity index (χ2n) is 7.32. The molecule has 124 valence electrons. The van der Waals surface area contributed by atoms with Gasteiger partial charge in [-0.3, -0.25) is 0 Å². The van der Waals surface area contributed by atoms with Crippen LogP contribution in [-0.4, -0.2) is 69.1 Å². The molecule has 0 bridgehead atoms. The van der Waals surface area contributed by atoms with Crippen LogP contribution in [0, 0.1) is 0 Å². The number of hydrogen-bond donors (Lipinski definition) is 1. The summed E-state index contributed by atoms with van der Waals surface area (Å²) in [4.78, 5) is 4.31. The largest absolute Gasteiger partial charge is 0.387 e. The molecular formula is C16H24N6O. The second-order valence-corrected chi connectivity index (χ2v) is 7.32. The number of rotatable bonds is 4. The van der Waals surface area contributed by atoms with E-state index in [0.29, 0.717) is 19.0 Å². The zero-order valence-electron chi connectivity index (χ0n) is 13.8. The van der Waals surface area contributed by atoms with Crippen LogP contribution in [0.5, 0.6) is 0 Å². The molecule has 7 heteroatoms. The van der Waals surface area contributed by atoms with Crippen molar-refractivity contribution in [3.63, 3.8) is 0 Å². The van der Waals surface area contributed by atoms with Crippen LogP contribution >= 0.6 is 0 Å². The summed E-state index contributed by atoms with van der Waals surface area (Å²) in [6.07, 6.45) is 5.91. The van der Waals surface area contributed by atoms with Crippen LogP contribution in [0.2, 0.25) is 0 Å². The van der Waals surface area contributed by atoms with E-state index in [2.05, 4.69) is 31.2 Å². The topological polar surface area (TPSA) is 69.8 Å². The molecule has 1 saturated heterocycles. The molecular weight excluding hydrogens is 292 g/mol. The first-order valence-electron chi connectivity index (χ1n) is 8.37. The molecule has 2 aromatic rings. The summed E-state index contributed by atoms with van der Waals surface area (Å²) >= 11 is 0. The maximum absolute atomic E-state index is 10.9. The number of nitrogens with zero attached hydrogens (tertiary/aromatic N) is 6. The smallest absolute Gasteiger partial charge is 0.200 e. The van der Waals surface area contributed by atoms with Gasteiger partial charge in [0.25, 0.3) is 0 Å². The number of aromatic nitrogens is 4. The van der Waals surface area contributed by atoms with Crippen LogP contribution in [0.3, 0.4) is 0 Å². The molecule has 1 atom stereocenters. The lowest BCUT2D eigenvalue weighted by molar-refractivity contribution is 0.00373. The standard InChI is InChI=1S/C16H24N6O/c1-20(2)9-16(23)6-3-7-21(10-16)14-8-13(12-4-5-12)19-22-11-17-18-15(14)22/h8,11-12,23H,3-7,9-10H2,1-2H3. The van der Waals surface area contributed by atoms with Gasteiger partial charge in [-0.05, 0) is 45.8 Å². The number of anilines is 1. The predicted molar refractivity (Wildman–Crippen MR) is 87.7 cm³/mol. The minimum Gasteiger partial charge on any atom is -0.387 e. The quantitative estimate of drug-likeness (QED) is 0.903. The second kappa shape index (κ2) is 5.42. The van der Waals surface area contributed by atoms with Gasteiger partial charge in [0.1, 0.15) is 6.33 Å². The van der Waals surface area contributed by atoms with Crippen molar-refractivity contribution in [1.29, 1.82) is 0 Å². The normalized spacial score (nSPS) is 25.5. The van der Waals surface area contributed by atoms with E-state index < -0.39 is 5.60 Å². The Morgan fingerprint density at radius 1 is 1.39 bits per heavy atom. The van der Waals surface area contributed by atoms with Crippen LogP contribution in [0.15, 0.2) is 12.4 Å². The highest BCUT2D eigenvalue weighted by atomic mass is 16.3. The summed E-state index contributed by atoms with van der Waals surface area (Å²) in [6.45, 7) is 2.24. The average Bonchev–Trinajstić information content (AvgIpc) is 3.23. The summed E-state index contributed by atoms with van der Waals surface area (Å²) in [5, 5.41) is 23.8. The number of piperidine rings is 1. The van der Waals surface area contributed by atoms with Gasteiger partial charge in [-0.25, -0.2) is 0 Å². The van der Waals surface area contributed by atoms with Crippen LogP contribution in [0.25, 0.3) is 5.65 Å². The third-order valence-corrected chi connectivity index (χ3v) is 4.77. The molecule has 4 rings (SSSR count). The van der Waals surface area contributed by atoms with Crippen molar-refractivity contribution in [3.8, 4) is 0 Å². The lowest BCUT2D eigenvalue weighted by atomic mass is 9.92. The molecule has 23 heavy (non-hydrogen) atoms. The summed E-state index contributed by atoms with van der Waals surface area (Å²) in [6, 6.07) is 2.16. The minimum atomic E-state index is -0.679. The van der Waals surface area contributed by atoms with Gasteiger partial charge in [0.05, 0.1) is 17.0 Å². The molecule has 0 aromatic carbocycles. The summed E-state index contributed by atoms with van der Waals surface area (Å²) in [5.41, 5.74) is 2.27. The average molecular weight is 316 g/mol. The fourth-order valence-corrected chi connectivity index (χ4v) is 3.68. The minimum absolute atomic E-state index is 0.575. The van der Waals surface area contributed by atoms with Crippen LogP contribution in [0.4, 0.5) is 5.69 Å². The Bertz CT molecular complexity index is 710. The van der Waals surface area contributed by atoms with E-state index in [4.69, 9.17) is 0 Å². The fourth-order valence-electron chi connectivity index (χ4n) is 3.68. The molecule has 0 radical (unpaired) electrons. The van der Waals surface area contributed by atoms with Crippen LogP contribution < -0.4 is 4.90 Å². The van der Waals surface area contributed by atoms with E-state index in [9.17, 15) is 5.11 Å². The zero-order valence-corrected chi connectivity index (χ0v) is 13.8. The van der Waals surface area contributed by atoms with Gasteiger partial charge in [-0.1, -0.05) is 0 Å².